The molecule has 1 aliphatic heterocycles. The molecule has 1 aliphatic carbocycles. The summed E-state index contributed by atoms with van der Waals surface area (Å²) in [4.78, 5) is 21.4. The molecular weight excluding hydrogens is 502 g/mol. The zero-order valence-electron chi connectivity index (χ0n) is 19.4. The molecule has 3 N–H and O–H groups in total. The maximum Gasteiger partial charge on any atom is 0.280 e. The summed E-state index contributed by atoms with van der Waals surface area (Å²) in [6.07, 6.45) is 3.21. The number of amides is 1. The molecule has 4 radical (unpaired) electrons. The summed E-state index contributed by atoms with van der Waals surface area (Å²) in [5.74, 6) is -0.322. The lowest BCUT2D eigenvalue weighted by Gasteiger charge is -2.24. The number of thioether (sulfide) groups is 1. The number of rotatable bonds is 7. The highest BCUT2D eigenvalue weighted by Crippen LogP contribution is 2.40. The molecule has 1 fully saturated rings. The third kappa shape index (κ3) is 5.77. The van der Waals surface area contributed by atoms with Crippen LogP contribution in [0.1, 0.15) is 35.3 Å². The minimum Gasteiger partial charge on any atom is -0.479 e. The van der Waals surface area contributed by atoms with Crippen molar-refractivity contribution in [1.82, 2.24) is 30.5 Å². The van der Waals surface area contributed by atoms with Gasteiger partial charge in [0.2, 0.25) is 0 Å². The fourth-order valence-electron chi connectivity index (χ4n) is 3.71. The Kier molecular flexibility index (Phi) is 6.67. The van der Waals surface area contributed by atoms with Crippen LogP contribution in [0.5, 0.6) is 5.75 Å². The van der Waals surface area contributed by atoms with Crippen molar-refractivity contribution in [1.29, 1.82) is 0 Å². The quantitative estimate of drug-likeness (QED) is 0.318. The molecule has 1 saturated carbocycles. The largest absolute Gasteiger partial charge is 0.479 e. The van der Waals surface area contributed by atoms with E-state index >= 15 is 0 Å². The van der Waals surface area contributed by atoms with Gasteiger partial charge in [-0.05, 0) is 37.0 Å². The average molecular weight is 521 g/mol. The second-order valence-electron chi connectivity index (χ2n) is 8.63. The van der Waals surface area contributed by atoms with Gasteiger partial charge in [0.1, 0.15) is 22.7 Å². The first-order valence-corrected chi connectivity index (χ1v) is 12.0. The summed E-state index contributed by atoms with van der Waals surface area (Å²) in [5.41, 5.74) is 0.756. The molecule has 0 bridgehead atoms. The number of aryl methyl sites for hydroxylation is 1. The normalized spacial score (nSPS) is 17.4. The lowest BCUT2D eigenvalue weighted by Crippen LogP contribution is -2.36. The molecule has 37 heavy (non-hydrogen) atoms. The number of amidine groups is 1. The minimum absolute atomic E-state index is 0.0145. The van der Waals surface area contributed by atoms with Crippen LogP contribution in [0.15, 0.2) is 41.9 Å². The van der Waals surface area contributed by atoms with Crippen LogP contribution < -0.4 is 15.5 Å². The molecule has 1 atom stereocenters. The maximum atomic E-state index is 13.6. The van der Waals surface area contributed by atoms with Crippen LogP contribution in [0, 0.1) is 5.92 Å². The molecule has 3 aromatic heterocycles. The molecule has 3 aromatic rings. The van der Waals surface area contributed by atoms with E-state index in [2.05, 4.69) is 30.9 Å². The number of pyridine rings is 2. The zero-order chi connectivity index (χ0) is 26.3. The Morgan fingerprint density at radius 1 is 1.27 bits per heavy atom. The molecule has 1 unspecified atom stereocenters. The Morgan fingerprint density at radius 2 is 2.05 bits per heavy atom. The van der Waals surface area contributed by atoms with Crippen molar-refractivity contribution in [2.24, 2.45) is 18.1 Å². The van der Waals surface area contributed by atoms with E-state index in [0.717, 1.165) is 25.1 Å². The van der Waals surface area contributed by atoms with Gasteiger partial charge in [-0.3, -0.25) is 30.2 Å². The molecule has 0 saturated heterocycles. The van der Waals surface area contributed by atoms with Gasteiger partial charge in [0.25, 0.3) is 12.3 Å². The number of aliphatic hydroxyl groups is 1. The van der Waals surface area contributed by atoms with E-state index in [1.807, 2.05) is 0 Å². The van der Waals surface area contributed by atoms with Crippen molar-refractivity contribution in [3.8, 4) is 28.3 Å². The fraction of sp³-hybridized carbons (Fsp3) is 0.318. The number of carbonyl (C=O) groups is 1. The van der Waals surface area contributed by atoms with Crippen molar-refractivity contribution >= 4 is 38.5 Å². The second kappa shape index (κ2) is 9.78. The fourth-order valence-corrected chi connectivity index (χ4v) is 4.78. The van der Waals surface area contributed by atoms with Crippen molar-refractivity contribution < 1.29 is 23.4 Å². The number of hydrogen-bond acceptors (Lipinski definition) is 9. The van der Waals surface area contributed by atoms with Crippen molar-refractivity contribution in [2.45, 2.75) is 30.2 Å². The summed E-state index contributed by atoms with van der Waals surface area (Å²) in [6, 6.07) is 4.23. The number of alkyl halides is 2. The standard InChI is InChI=1S/C22H19B2F2N7O3S/c1-33-5-4-14(32-33)15-6-11(12-7-16(18(25)26)28-9-17(12)36-22(23,24)35)13(8-27-15)19(34)29-21-31-30-20(37-21)10-2-3-10/h4-10,18,20,30,35H,2-3H2,1H3,(H,29,31,34). The van der Waals surface area contributed by atoms with E-state index < -0.39 is 23.6 Å². The molecule has 15 heteroatoms. The number of nitrogens with zero attached hydrogens (tertiary/aromatic N) is 5. The molecule has 5 rings (SSSR count). The molecule has 1 amide bonds. The number of carbonyl (C=O) groups excluding carboxylic acids is 1. The smallest absolute Gasteiger partial charge is 0.280 e. The monoisotopic (exact) mass is 521 g/mol. The van der Waals surface area contributed by atoms with E-state index in [-0.39, 0.29) is 27.8 Å². The van der Waals surface area contributed by atoms with E-state index in [1.165, 1.54) is 24.0 Å². The maximum absolute atomic E-state index is 13.6. The number of hydrogen-bond donors (Lipinski definition) is 3. The minimum atomic E-state index is -2.92. The van der Waals surface area contributed by atoms with Crippen LogP contribution in [0.25, 0.3) is 22.5 Å². The van der Waals surface area contributed by atoms with Crippen molar-refractivity contribution in [3.05, 3.63) is 48.0 Å². The summed E-state index contributed by atoms with van der Waals surface area (Å²) < 4.78 is 33.9. The summed E-state index contributed by atoms with van der Waals surface area (Å²) in [5, 5.41) is 21.5. The van der Waals surface area contributed by atoms with Gasteiger partial charge < -0.3 is 9.84 Å². The van der Waals surface area contributed by atoms with Gasteiger partial charge in [-0.1, -0.05) is 11.8 Å². The Balaban J connectivity index is 1.58. The third-order valence-electron chi connectivity index (χ3n) is 5.60. The van der Waals surface area contributed by atoms with Crippen LogP contribution in [0.3, 0.4) is 0 Å². The summed E-state index contributed by atoms with van der Waals surface area (Å²) in [6.45, 7) is 0. The Labute approximate surface area is 217 Å². The Morgan fingerprint density at radius 3 is 2.70 bits per heavy atom. The van der Waals surface area contributed by atoms with E-state index in [0.29, 0.717) is 22.5 Å². The number of hydrazone groups is 1. The molecule has 186 valence electrons. The lowest BCUT2D eigenvalue weighted by molar-refractivity contribution is 0.0129. The van der Waals surface area contributed by atoms with Crippen LogP contribution >= 0.6 is 11.8 Å². The van der Waals surface area contributed by atoms with Crippen LogP contribution in [0.2, 0.25) is 0 Å². The Bertz CT molecular complexity index is 1380. The van der Waals surface area contributed by atoms with E-state index in [4.69, 9.17) is 20.4 Å². The average Bonchev–Trinajstić information content (AvgIpc) is 3.43. The van der Waals surface area contributed by atoms with Gasteiger partial charge in [0, 0.05) is 30.6 Å². The SMILES string of the molecule is [B]C([B])(O)Oc1cnc(C(F)F)cc1-c1cc(-c2ccn(C)n2)ncc1C(=O)NC1=NNC(C2CC2)S1. The zero-order valence-corrected chi connectivity index (χ0v) is 20.2. The highest BCUT2D eigenvalue weighted by molar-refractivity contribution is 8.14. The predicted molar refractivity (Wildman–Crippen MR) is 134 cm³/mol. The van der Waals surface area contributed by atoms with Gasteiger partial charge in [0.15, 0.2) is 20.9 Å². The number of aromatic nitrogens is 4. The highest BCUT2D eigenvalue weighted by atomic mass is 32.2. The second-order valence-corrected chi connectivity index (χ2v) is 9.76. The number of halogens is 2. The lowest BCUT2D eigenvalue weighted by atomic mass is 9.76. The number of ether oxygens (including phenoxy) is 1. The van der Waals surface area contributed by atoms with Gasteiger partial charge >= 0.3 is 0 Å². The Hall–Kier alpha value is -3.45. The molecule has 10 nitrogen and oxygen atoms in total. The topological polar surface area (TPSA) is 127 Å². The van der Waals surface area contributed by atoms with E-state index in [9.17, 15) is 18.7 Å². The van der Waals surface area contributed by atoms with Gasteiger partial charge in [-0.15, -0.1) is 0 Å². The predicted octanol–water partition coefficient (Wildman–Crippen LogP) is 1.87. The number of nitrogens with one attached hydrogen (secondary N) is 2. The first kappa shape index (κ1) is 25.2. The molecule has 0 spiro atoms. The molecule has 4 heterocycles. The third-order valence-corrected chi connectivity index (χ3v) is 6.76. The molecule has 0 aromatic carbocycles. The first-order chi connectivity index (χ1) is 17.6. The van der Waals surface area contributed by atoms with E-state index in [1.54, 1.807) is 24.0 Å². The van der Waals surface area contributed by atoms with Crippen molar-refractivity contribution in [3.63, 3.8) is 0 Å². The molecule has 2 aliphatic rings. The van der Waals surface area contributed by atoms with Crippen LogP contribution in [-0.4, -0.2) is 62.6 Å². The van der Waals surface area contributed by atoms with Gasteiger partial charge in [-0.25, -0.2) is 8.78 Å². The molecular formula is C22H19B2F2N7O3S. The van der Waals surface area contributed by atoms with Gasteiger partial charge in [0.05, 0.1) is 22.8 Å². The van der Waals surface area contributed by atoms with Gasteiger partial charge in [-0.2, -0.15) is 10.2 Å². The summed E-state index contributed by atoms with van der Waals surface area (Å²) in [7, 11) is 12.5. The summed E-state index contributed by atoms with van der Waals surface area (Å²) >= 11 is 1.40. The van der Waals surface area contributed by atoms with Crippen LogP contribution in [0.4, 0.5) is 8.78 Å². The van der Waals surface area contributed by atoms with Crippen LogP contribution in [-0.2, 0) is 7.05 Å². The first-order valence-electron chi connectivity index (χ1n) is 11.2. The van der Waals surface area contributed by atoms with Crippen molar-refractivity contribution in [2.75, 3.05) is 0 Å². The highest BCUT2D eigenvalue weighted by Gasteiger charge is 2.36.